The molecule has 1 unspecified atom stereocenters. The van der Waals surface area contributed by atoms with Crippen LogP contribution >= 0.6 is 0 Å². The molecule has 2 radical (unpaired) electrons. The number of carbonyl (C=O) groups is 1. The zero-order valence-corrected chi connectivity index (χ0v) is 8.96. The van der Waals surface area contributed by atoms with Gasteiger partial charge in [0.2, 0.25) is 0 Å². The second-order valence-corrected chi connectivity index (χ2v) is 4.95. The van der Waals surface area contributed by atoms with Crippen LogP contribution in [0.4, 0.5) is 0 Å². The molecule has 0 saturated carbocycles. The summed E-state index contributed by atoms with van der Waals surface area (Å²) in [5.41, 5.74) is 4.61. The molecule has 0 aliphatic rings. The van der Waals surface area contributed by atoms with Crippen LogP contribution in [0.2, 0.25) is 0 Å². The average molecular weight is 278 g/mol. The molecule has 0 aromatic heterocycles. The van der Waals surface area contributed by atoms with Crippen LogP contribution in [-0.4, -0.2) is 17.3 Å². The van der Waals surface area contributed by atoms with E-state index >= 15 is 0 Å². The molecule has 0 aliphatic carbocycles. The zero-order chi connectivity index (χ0) is 9.61. The second kappa shape index (κ2) is 5.51. The van der Waals surface area contributed by atoms with Crippen LogP contribution in [0.1, 0.15) is 19.8 Å². The van der Waals surface area contributed by atoms with Crippen molar-refractivity contribution >= 4 is 11.8 Å². The second-order valence-electron chi connectivity index (χ2n) is 2.59. The van der Waals surface area contributed by atoms with Gasteiger partial charge in [0, 0.05) is 0 Å². The van der Waals surface area contributed by atoms with E-state index in [-0.39, 0.29) is 3.79 Å². The summed E-state index contributed by atoms with van der Waals surface area (Å²) >= 11 is -0.771. The number of rotatable bonds is 5. The quantitative estimate of drug-likeness (QED) is 0.234. The van der Waals surface area contributed by atoms with Gasteiger partial charge in [0.15, 0.2) is 0 Å². The summed E-state index contributed by atoms with van der Waals surface area (Å²) in [4.78, 5) is 10.9. The Balaban J connectivity index is 3.70. The van der Waals surface area contributed by atoms with Gasteiger partial charge in [-0.3, -0.25) is 0 Å². The maximum atomic E-state index is 10.9. The Labute approximate surface area is 83.9 Å². The molecule has 12 heavy (non-hydrogen) atoms. The fourth-order valence-electron chi connectivity index (χ4n) is 0.522. The molecular weight excluding hydrogens is 268 g/mol. The molecule has 0 spiro atoms. The predicted molar refractivity (Wildman–Crippen MR) is 41.3 cm³/mol. The standard InChI is InChI=1S/C6H10BIN3O/c1-6(10,4-9)3-2-5(12)8-11-7/h11H,2-3,10H2,1H3/q-1. The summed E-state index contributed by atoms with van der Waals surface area (Å²) in [6.45, 7) is 1.61. The van der Waals surface area contributed by atoms with Crippen molar-refractivity contribution in [3.63, 3.8) is 0 Å². The average Bonchev–Trinajstić information content (AvgIpc) is 2.02. The Bertz CT molecular complexity index is 201. The normalized spacial score (nSPS) is 15.1. The molecule has 0 fully saturated rings. The molecule has 0 heterocycles. The van der Waals surface area contributed by atoms with Crippen molar-refractivity contribution in [2.45, 2.75) is 25.3 Å². The number of carbonyl (C=O) groups excluding carboxylic acids is 1. The first-order chi connectivity index (χ1) is 5.52. The molecule has 0 amide bonds. The molecule has 0 aromatic rings. The van der Waals surface area contributed by atoms with Gasteiger partial charge in [0.25, 0.3) is 0 Å². The van der Waals surface area contributed by atoms with Gasteiger partial charge in [-0.05, 0) is 0 Å². The van der Waals surface area contributed by atoms with Crippen LogP contribution in [0.25, 0.3) is 0 Å². The summed E-state index contributed by atoms with van der Waals surface area (Å²) < 4.78 is 2.43. The van der Waals surface area contributed by atoms with Crippen molar-refractivity contribution in [1.29, 1.82) is 5.26 Å². The minimum atomic E-state index is -0.895. The van der Waals surface area contributed by atoms with Gasteiger partial charge in [-0.15, -0.1) is 0 Å². The fourth-order valence-corrected chi connectivity index (χ4v) is 1.41. The Morgan fingerprint density at radius 3 is 2.92 bits per heavy atom. The van der Waals surface area contributed by atoms with Crippen molar-refractivity contribution in [3.05, 3.63) is 0 Å². The van der Waals surface area contributed by atoms with Gasteiger partial charge in [0.1, 0.15) is 0 Å². The first-order valence-corrected chi connectivity index (χ1v) is 5.50. The molecule has 6 heteroatoms. The zero-order valence-electron chi connectivity index (χ0n) is 6.80. The van der Waals surface area contributed by atoms with Crippen LogP contribution in [0.15, 0.2) is 0 Å². The third kappa shape index (κ3) is 5.52. The molecule has 0 rings (SSSR count). The van der Waals surface area contributed by atoms with Gasteiger partial charge in [-0.1, -0.05) is 0 Å². The topological polar surface area (TPSA) is 78.9 Å². The Morgan fingerprint density at radius 1 is 1.92 bits per heavy atom. The summed E-state index contributed by atoms with van der Waals surface area (Å²) in [6, 6.07) is 1.92. The van der Waals surface area contributed by atoms with E-state index in [0.717, 1.165) is 0 Å². The van der Waals surface area contributed by atoms with Crippen molar-refractivity contribution in [1.82, 2.24) is 3.44 Å². The van der Waals surface area contributed by atoms with E-state index in [4.69, 9.17) is 19.0 Å². The summed E-state index contributed by atoms with van der Waals surface area (Å²) in [5, 5.41) is 8.52. The van der Waals surface area contributed by atoms with E-state index in [9.17, 15) is 4.79 Å². The predicted octanol–water partition coefficient (Wildman–Crippen LogP) is -3.79. The van der Waals surface area contributed by atoms with Crippen LogP contribution in [0, 0.1) is 11.3 Å². The fraction of sp³-hybridized carbons (Fsp3) is 0.667. The van der Waals surface area contributed by atoms with Crippen LogP contribution in [0.5, 0.6) is 0 Å². The first-order valence-electron chi connectivity index (χ1n) is 3.34. The molecule has 0 bridgehead atoms. The summed E-state index contributed by atoms with van der Waals surface area (Å²) in [7, 11) is 4.98. The number of nitrogens with two attached hydrogens (primary N) is 1. The minimum absolute atomic E-state index is 0.0724. The summed E-state index contributed by atoms with van der Waals surface area (Å²) in [6.07, 6.45) is 0.724. The van der Waals surface area contributed by atoms with Crippen LogP contribution < -0.4 is 30.7 Å². The van der Waals surface area contributed by atoms with Crippen LogP contribution in [-0.2, 0) is 4.79 Å². The van der Waals surface area contributed by atoms with Crippen molar-refractivity contribution in [2.75, 3.05) is 0 Å². The molecule has 1 atom stereocenters. The third-order valence-corrected chi connectivity index (χ3v) is 2.71. The van der Waals surface area contributed by atoms with Crippen LogP contribution in [0.3, 0.4) is 0 Å². The SMILES string of the molecule is [B]N[I-]C(=O)CCC(C)(N)C#N. The Morgan fingerprint density at radius 2 is 2.50 bits per heavy atom. The van der Waals surface area contributed by atoms with Gasteiger partial charge in [-0.25, -0.2) is 0 Å². The van der Waals surface area contributed by atoms with E-state index in [2.05, 4.69) is 3.44 Å². The number of hydrogen-bond donors (Lipinski definition) is 2. The van der Waals surface area contributed by atoms with Crippen molar-refractivity contribution in [2.24, 2.45) is 5.73 Å². The van der Waals surface area contributed by atoms with Crippen molar-refractivity contribution in [3.8, 4) is 6.07 Å². The number of nitrogens with one attached hydrogen (secondary N) is 1. The van der Waals surface area contributed by atoms with E-state index < -0.39 is 27.0 Å². The van der Waals surface area contributed by atoms with Gasteiger partial charge in [0.05, 0.1) is 0 Å². The number of nitriles is 1. The molecule has 66 valence electrons. The van der Waals surface area contributed by atoms with Gasteiger partial charge < -0.3 is 0 Å². The number of halogens is 1. The van der Waals surface area contributed by atoms with Gasteiger partial charge >= 0.3 is 83.9 Å². The van der Waals surface area contributed by atoms with Crippen molar-refractivity contribution < 1.29 is 26.3 Å². The molecule has 0 aromatic carbocycles. The van der Waals surface area contributed by atoms with E-state index in [1.54, 1.807) is 6.92 Å². The molecule has 0 aliphatic heterocycles. The monoisotopic (exact) mass is 278 g/mol. The third-order valence-electron chi connectivity index (χ3n) is 1.26. The summed E-state index contributed by atoms with van der Waals surface area (Å²) in [5.74, 6) is 0. The molecule has 4 nitrogen and oxygen atoms in total. The molecule has 3 N–H and O–H groups in total. The molecular formula is C6H10BIN3O-. The maximum absolute atomic E-state index is 10.9. The van der Waals surface area contributed by atoms with E-state index in [0.29, 0.717) is 12.8 Å². The number of nitrogens with zero attached hydrogens (tertiary/aromatic N) is 1. The van der Waals surface area contributed by atoms with E-state index in [1.807, 2.05) is 6.07 Å². The Hall–Kier alpha value is -0.125. The first kappa shape index (κ1) is 11.9. The Kier molecular flexibility index (Phi) is 5.45. The van der Waals surface area contributed by atoms with E-state index in [1.165, 1.54) is 0 Å². The number of hydrogen-bond acceptors (Lipinski definition) is 4. The van der Waals surface area contributed by atoms with Gasteiger partial charge in [-0.2, -0.15) is 0 Å². The molecule has 0 saturated heterocycles.